The van der Waals surface area contributed by atoms with Gasteiger partial charge in [-0.2, -0.15) is 5.26 Å². The molecule has 0 radical (unpaired) electrons. The zero-order valence-electron chi connectivity index (χ0n) is 20.5. The number of rotatable bonds is 6. The van der Waals surface area contributed by atoms with Crippen molar-refractivity contribution in [2.75, 3.05) is 18.4 Å². The highest BCUT2D eigenvalue weighted by molar-refractivity contribution is 5.74. The number of ether oxygens (including phenoxy) is 2. The number of anilines is 1. The van der Waals surface area contributed by atoms with Crippen LogP contribution in [0, 0.1) is 23.2 Å². The monoisotopic (exact) mass is 456 g/mol. The molecule has 2 atom stereocenters. The molecule has 1 saturated heterocycles. The minimum Gasteiger partial charge on any atom is -0.460 e. The van der Waals surface area contributed by atoms with Crippen LogP contribution in [0.25, 0.3) is 0 Å². The second kappa shape index (κ2) is 10.6. The van der Waals surface area contributed by atoms with Gasteiger partial charge in [0.05, 0.1) is 18.1 Å². The normalized spacial score (nSPS) is 17.8. The number of carbonyl (C=O) groups is 2. The van der Waals surface area contributed by atoms with Gasteiger partial charge in [0.15, 0.2) is 0 Å². The molecule has 0 spiro atoms. The fourth-order valence-corrected chi connectivity index (χ4v) is 3.73. The van der Waals surface area contributed by atoms with Crippen LogP contribution >= 0.6 is 0 Å². The second-order valence-electron chi connectivity index (χ2n) is 10.4. The lowest BCUT2D eigenvalue weighted by atomic mass is 9.86. The Labute approximate surface area is 196 Å². The lowest BCUT2D eigenvalue weighted by molar-refractivity contribution is -0.161. The summed E-state index contributed by atoms with van der Waals surface area (Å²) in [6, 6.07) is 9.42. The molecule has 33 heavy (non-hydrogen) atoms. The highest BCUT2D eigenvalue weighted by Crippen LogP contribution is 2.31. The maximum atomic E-state index is 13.2. The maximum absolute atomic E-state index is 13.2. The number of amides is 1. The molecule has 2 rings (SSSR count). The fraction of sp³-hybridized carbons (Fsp3) is 0.560. The molecule has 8 heteroatoms. The topological polar surface area (TPSA) is 118 Å². The molecule has 1 heterocycles. The Balaban J connectivity index is 2.21. The average molecular weight is 457 g/mol. The van der Waals surface area contributed by atoms with Crippen LogP contribution in [0.15, 0.2) is 36.2 Å². The Kier molecular flexibility index (Phi) is 8.37. The van der Waals surface area contributed by atoms with Crippen molar-refractivity contribution in [2.45, 2.75) is 65.6 Å². The number of esters is 1. The number of allylic oxidation sites excluding steroid dienone is 1. The van der Waals surface area contributed by atoms with E-state index in [1.165, 1.54) is 6.08 Å². The number of hydrogen-bond donors (Lipinski definition) is 2. The summed E-state index contributed by atoms with van der Waals surface area (Å²) in [5.74, 6) is -0.505. The molecular formula is C25H36N4O4. The summed E-state index contributed by atoms with van der Waals surface area (Å²) in [6.45, 7) is 12.0. The molecule has 8 nitrogen and oxygen atoms in total. The molecule has 180 valence electrons. The Morgan fingerprint density at radius 2 is 1.91 bits per heavy atom. The van der Waals surface area contributed by atoms with E-state index in [9.17, 15) is 9.59 Å². The van der Waals surface area contributed by atoms with E-state index in [-0.39, 0.29) is 23.8 Å². The number of nitrogens with two attached hydrogens (primary N) is 1. The van der Waals surface area contributed by atoms with Crippen LogP contribution < -0.4 is 11.1 Å². The van der Waals surface area contributed by atoms with Gasteiger partial charge < -0.3 is 25.4 Å². The van der Waals surface area contributed by atoms with Gasteiger partial charge in [-0.05, 0) is 78.0 Å². The number of nitrogens with one attached hydrogen (secondary N) is 1. The Morgan fingerprint density at radius 1 is 1.24 bits per heavy atom. The number of likely N-dealkylation sites (tertiary alicyclic amines) is 1. The molecule has 0 aliphatic carbocycles. The van der Waals surface area contributed by atoms with Crippen LogP contribution in [-0.4, -0.2) is 41.3 Å². The first kappa shape index (κ1) is 26.0. The average Bonchev–Trinajstić information content (AvgIpc) is 3.14. The largest absolute Gasteiger partial charge is 0.460 e. The van der Waals surface area contributed by atoms with Crippen molar-refractivity contribution < 1.29 is 19.1 Å². The van der Waals surface area contributed by atoms with Crippen LogP contribution in [0.4, 0.5) is 10.5 Å². The molecule has 1 fully saturated rings. The van der Waals surface area contributed by atoms with Gasteiger partial charge in [0.1, 0.15) is 17.0 Å². The zero-order valence-corrected chi connectivity index (χ0v) is 20.5. The second-order valence-corrected chi connectivity index (χ2v) is 10.4. The summed E-state index contributed by atoms with van der Waals surface area (Å²) >= 11 is 0. The van der Waals surface area contributed by atoms with E-state index >= 15 is 0 Å². The third-order valence-corrected chi connectivity index (χ3v) is 5.05. The Morgan fingerprint density at radius 3 is 2.52 bits per heavy atom. The molecule has 0 unspecified atom stereocenters. The Bertz CT molecular complexity index is 922. The van der Waals surface area contributed by atoms with E-state index in [1.54, 1.807) is 4.90 Å². The van der Waals surface area contributed by atoms with Gasteiger partial charge in [-0.15, -0.1) is 0 Å². The molecule has 1 amide bonds. The summed E-state index contributed by atoms with van der Waals surface area (Å²) < 4.78 is 11.2. The lowest BCUT2D eigenvalue weighted by Crippen LogP contribution is -2.38. The quantitative estimate of drug-likeness (QED) is 0.487. The smallest absolute Gasteiger partial charge is 0.410 e. The predicted octanol–water partition coefficient (Wildman–Crippen LogP) is 4.18. The van der Waals surface area contributed by atoms with Crippen molar-refractivity contribution in [3.8, 4) is 6.07 Å². The van der Waals surface area contributed by atoms with E-state index in [4.69, 9.17) is 20.5 Å². The molecule has 1 aliphatic rings. The van der Waals surface area contributed by atoms with Gasteiger partial charge in [-0.25, -0.2) is 4.79 Å². The van der Waals surface area contributed by atoms with Crippen molar-refractivity contribution in [1.29, 1.82) is 5.26 Å². The SMILES string of the molecule is CC(C)(C)OC(=O)[C@@H](Cc1cccc(N/C(N)=C/C#N)c1)[C@H]1CCN(C(=O)OC(C)(C)C)C1. The highest BCUT2D eigenvalue weighted by atomic mass is 16.6. The summed E-state index contributed by atoms with van der Waals surface area (Å²) in [5, 5.41) is 11.7. The standard InChI is InChI=1S/C25H36N4O4/c1-24(2,3)32-22(30)20(18-11-13-29(16-18)23(31)33-25(4,5)6)15-17-8-7-9-19(14-17)28-21(27)10-12-26/h7-10,14,18,20,28H,11,13,15-16,27H2,1-6H3/b21-10+/t18-,20-/m0/s1. The fourth-order valence-electron chi connectivity index (χ4n) is 3.73. The highest BCUT2D eigenvalue weighted by Gasteiger charge is 2.39. The maximum Gasteiger partial charge on any atom is 0.410 e. The number of benzene rings is 1. The molecule has 1 aromatic rings. The third-order valence-electron chi connectivity index (χ3n) is 5.05. The molecule has 1 aliphatic heterocycles. The molecule has 1 aromatic carbocycles. The van der Waals surface area contributed by atoms with Gasteiger partial charge >= 0.3 is 12.1 Å². The zero-order chi connectivity index (χ0) is 24.8. The Hall–Kier alpha value is -3.21. The van der Waals surface area contributed by atoms with E-state index in [2.05, 4.69) is 5.32 Å². The number of nitrogens with zero attached hydrogens (tertiary/aromatic N) is 2. The van der Waals surface area contributed by atoms with E-state index in [0.29, 0.717) is 25.9 Å². The molecule has 3 N–H and O–H groups in total. The first-order chi connectivity index (χ1) is 15.3. The number of hydrogen-bond acceptors (Lipinski definition) is 7. The minimum atomic E-state index is -0.612. The van der Waals surface area contributed by atoms with Gasteiger partial charge in [0.25, 0.3) is 0 Å². The third kappa shape index (κ3) is 8.68. The van der Waals surface area contributed by atoms with E-state index in [1.807, 2.05) is 71.9 Å². The van der Waals surface area contributed by atoms with Crippen LogP contribution in [0.2, 0.25) is 0 Å². The first-order valence-corrected chi connectivity index (χ1v) is 11.2. The lowest BCUT2D eigenvalue weighted by Gasteiger charge is -2.28. The van der Waals surface area contributed by atoms with Crippen LogP contribution in [0.5, 0.6) is 0 Å². The van der Waals surface area contributed by atoms with Gasteiger partial charge in [0.2, 0.25) is 0 Å². The van der Waals surface area contributed by atoms with Crippen LogP contribution in [-0.2, 0) is 20.7 Å². The summed E-state index contributed by atoms with van der Waals surface area (Å²) in [5.41, 5.74) is 6.24. The van der Waals surface area contributed by atoms with Crippen molar-refractivity contribution in [1.82, 2.24) is 4.90 Å². The van der Waals surface area contributed by atoms with Gasteiger partial charge in [0, 0.05) is 18.8 Å². The van der Waals surface area contributed by atoms with Gasteiger partial charge in [-0.1, -0.05) is 12.1 Å². The predicted molar refractivity (Wildman–Crippen MR) is 127 cm³/mol. The van der Waals surface area contributed by atoms with Crippen molar-refractivity contribution in [3.63, 3.8) is 0 Å². The summed E-state index contributed by atoms with van der Waals surface area (Å²) in [7, 11) is 0. The number of nitriles is 1. The number of carbonyl (C=O) groups excluding carboxylic acids is 2. The molecular weight excluding hydrogens is 420 g/mol. The van der Waals surface area contributed by atoms with Crippen molar-refractivity contribution in [3.05, 3.63) is 41.7 Å². The molecule has 0 bridgehead atoms. The van der Waals surface area contributed by atoms with Crippen LogP contribution in [0.1, 0.15) is 53.5 Å². The molecule has 0 saturated carbocycles. The summed E-state index contributed by atoms with van der Waals surface area (Å²) in [4.78, 5) is 27.4. The van der Waals surface area contributed by atoms with Crippen LogP contribution in [0.3, 0.4) is 0 Å². The van der Waals surface area contributed by atoms with Gasteiger partial charge in [-0.3, -0.25) is 4.79 Å². The van der Waals surface area contributed by atoms with Crippen molar-refractivity contribution in [2.24, 2.45) is 17.6 Å². The minimum absolute atomic E-state index is 0.0486. The van der Waals surface area contributed by atoms with E-state index in [0.717, 1.165) is 11.3 Å². The van der Waals surface area contributed by atoms with Crippen molar-refractivity contribution >= 4 is 17.7 Å². The van der Waals surface area contributed by atoms with E-state index < -0.39 is 17.1 Å². The molecule has 0 aromatic heterocycles. The first-order valence-electron chi connectivity index (χ1n) is 11.2. The summed E-state index contributed by atoms with van der Waals surface area (Å²) in [6.07, 6.45) is 2.01.